The van der Waals surface area contributed by atoms with Crippen molar-refractivity contribution in [1.29, 1.82) is 0 Å². The lowest BCUT2D eigenvalue weighted by atomic mass is 10.1. The van der Waals surface area contributed by atoms with Gasteiger partial charge in [0.15, 0.2) is 0 Å². The lowest BCUT2D eigenvalue weighted by molar-refractivity contribution is -0.116. The van der Waals surface area contributed by atoms with Gasteiger partial charge in [-0.1, -0.05) is 13.0 Å². The molecule has 0 atom stereocenters. The lowest BCUT2D eigenvalue weighted by Gasteiger charge is -2.13. The van der Waals surface area contributed by atoms with E-state index in [1.807, 2.05) is 6.92 Å². The Hall–Kier alpha value is -2.90. The van der Waals surface area contributed by atoms with Crippen molar-refractivity contribution in [2.24, 2.45) is 0 Å². The van der Waals surface area contributed by atoms with E-state index in [9.17, 15) is 18.4 Å². The molecule has 2 N–H and O–H groups in total. The molecule has 0 saturated carbocycles. The van der Waals surface area contributed by atoms with Crippen molar-refractivity contribution in [2.75, 3.05) is 10.6 Å². The Morgan fingerprint density at radius 2 is 1.84 bits per heavy atom. The van der Waals surface area contributed by atoms with Crippen LogP contribution in [-0.2, 0) is 4.79 Å². The minimum absolute atomic E-state index is 0.119. The molecule has 0 radical (unpaired) electrons. The van der Waals surface area contributed by atoms with Crippen LogP contribution in [0.4, 0.5) is 20.2 Å². The van der Waals surface area contributed by atoms with E-state index in [4.69, 9.17) is 0 Å². The number of nitrogens with one attached hydrogen (secondary N) is 2. The van der Waals surface area contributed by atoms with Gasteiger partial charge in [-0.2, -0.15) is 0 Å². The topological polar surface area (TPSA) is 84.0 Å². The third kappa shape index (κ3) is 4.79. The molecule has 6 nitrogen and oxygen atoms in total. The van der Waals surface area contributed by atoms with Crippen molar-refractivity contribution in [1.82, 2.24) is 9.97 Å². The maximum absolute atomic E-state index is 12.7. The van der Waals surface area contributed by atoms with Gasteiger partial charge in [-0.25, -0.2) is 18.7 Å². The Kier molecular flexibility index (Phi) is 6.10. The summed E-state index contributed by atoms with van der Waals surface area (Å²) in [5, 5.41) is 5.39. The molecular formula is C17H18F2N4O2. The average Bonchev–Trinajstić information content (AvgIpc) is 2.58. The van der Waals surface area contributed by atoms with Crippen LogP contribution in [0.5, 0.6) is 0 Å². The minimum Gasteiger partial charge on any atom is -0.326 e. The first-order valence-corrected chi connectivity index (χ1v) is 7.73. The Labute approximate surface area is 143 Å². The summed E-state index contributed by atoms with van der Waals surface area (Å²) in [4.78, 5) is 31.1. The monoisotopic (exact) mass is 348 g/mol. The van der Waals surface area contributed by atoms with Crippen LogP contribution < -0.4 is 10.6 Å². The number of benzene rings is 1. The van der Waals surface area contributed by atoms with Gasteiger partial charge in [-0.3, -0.25) is 9.59 Å². The molecule has 0 aliphatic heterocycles. The molecule has 2 aromatic rings. The highest BCUT2D eigenvalue weighted by Crippen LogP contribution is 2.24. The van der Waals surface area contributed by atoms with Crippen LogP contribution in [0.2, 0.25) is 0 Å². The van der Waals surface area contributed by atoms with E-state index in [1.54, 1.807) is 25.1 Å². The first kappa shape index (κ1) is 18.4. The molecule has 0 unspecified atom stereocenters. The van der Waals surface area contributed by atoms with Crippen molar-refractivity contribution in [2.45, 2.75) is 33.1 Å². The predicted octanol–water partition coefficient (Wildman–Crippen LogP) is 3.71. The second-order valence-electron chi connectivity index (χ2n) is 5.36. The Morgan fingerprint density at radius 1 is 1.16 bits per heavy atom. The van der Waals surface area contributed by atoms with Gasteiger partial charge < -0.3 is 10.6 Å². The molecule has 0 saturated heterocycles. The maximum atomic E-state index is 12.7. The average molecular weight is 348 g/mol. The van der Waals surface area contributed by atoms with Gasteiger partial charge in [0.2, 0.25) is 5.91 Å². The molecule has 2 amide bonds. The number of alkyl halides is 2. The molecule has 0 spiro atoms. The SMILES string of the molecule is CCCC(=O)Nc1cccc(NC(=O)c2cc(C(F)F)ncn2)c1C. The second-order valence-corrected chi connectivity index (χ2v) is 5.36. The predicted molar refractivity (Wildman–Crippen MR) is 89.7 cm³/mol. The summed E-state index contributed by atoms with van der Waals surface area (Å²) in [5.41, 5.74) is 1.01. The Balaban J connectivity index is 2.18. The molecule has 1 aromatic heterocycles. The van der Waals surface area contributed by atoms with Crippen LogP contribution in [0.15, 0.2) is 30.6 Å². The molecule has 0 bridgehead atoms. The number of hydrogen-bond acceptors (Lipinski definition) is 4. The third-order valence-corrected chi connectivity index (χ3v) is 3.48. The highest BCUT2D eigenvalue weighted by Gasteiger charge is 2.15. The van der Waals surface area contributed by atoms with Crippen LogP contribution in [0.25, 0.3) is 0 Å². The summed E-state index contributed by atoms with van der Waals surface area (Å²) >= 11 is 0. The smallest absolute Gasteiger partial charge is 0.280 e. The zero-order chi connectivity index (χ0) is 18.4. The van der Waals surface area contributed by atoms with Gasteiger partial charge in [0.25, 0.3) is 12.3 Å². The normalized spacial score (nSPS) is 10.6. The molecule has 1 heterocycles. The summed E-state index contributed by atoms with van der Waals surface area (Å²) in [6.07, 6.45) is -0.743. The van der Waals surface area contributed by atoms with E-state index < -0.39 is 18.0 Å². The number of amides is 2. The van der Waals surface area contributed by atoms with E-state index in [2.05, 4.69) is 20.6 Å². The Bertz CT molecular complexity index is 781. The van der Waals surface area contributed by atoms with Crippen molar-refractivity contribution in [3.63, 3.8) is 0 Å². The summed E-state index contributed by atoms with van der Waals surface area (Å²) in [6, 6.07) is 5.99. The molecule has 0 fully saturated rings. The second kappa shape index (κ2) is 8.27. The Morgan fingerprint density at radius 3 is 2.48 bits per heavy atom. The standard InChI is InChI=1S/C17H18F2N4O2/c1-3-5-15(24)22-11-6-4-7-12(10(11)2)23-17(25)14-8-13(16(18)19)20-9-21-14/h4,6-9,16H,3,5H2,1-2H3,(H,22,24)(H,23,25). The molecule has 0 aliphatic rings. The molecule has 25 heavy (non-hydrogen) atoms. The zero-order valence-electron chi connectivity index (χ0n) is 13.8. The molecule has 2 rings (SSSR count). The first-order valence-electron chi connectivity index (χ1n) is 7.73. The summed E-state index contributed by atoms with van der Waals surface area (Å²) < 4.78 is 25.4. The minimum atomic E-state index is -2.78. The number of anilines is 2. The highest BCUT2D eigenvalue weighted by molar-refractivity contribution is 6.04. The molecular weight excluding hydrogens is 330 g/mol. The maximum Gasteiger partial charge on any atom is 0.280 e. The summed E-state index contributed by atoms with van der Waals surface area (Å²) in [5.74, 6) is -0.754. The van der Waals surface area contributed by atoms with Crippen LogP contribution >= 0.6 is 0 Å². The van der Waals surface area contributed by atoms with Crippen LogP contribution in [-0.4, -0.2) is 21.8 Å². The van der Waals surface area contributed by atoms with Gasteiger partial charge in [-0.15, -0.1) is 0 Å². The fraction of sp³-hybridized carbons (Fsp3) is 0.294. The number of carbonyl (C=O) groups excluding carboxylic acids is 2. The van der Waals surface area contributed by atoms with Crippen LogP contribution in [0, 0.1) is 6.92 Å². The van der Waals surface area contributed by atoms with E-state index >= 15 is 0 Å². The molecule has 8 heteroatoms. The largest absolute Gasteiger partial charge is 0.326 e. The third-order valence-electron chi connectivity index (χ3n) is 3.48. The van der Waals surface area contributed by atoms with Crippen LogP contribution in [0.3, 0.4) is 0 Å². The van der Waals surface area contributed by atoms with Crippen molar-refractivity contribution in [3.8, 4) is 0 Å². The van der Waals surface area contributed by atoms with Gasteiger partial charge in [0.1, 0.15) is 17.7 Å². The quantitative estimate of drug-likeness (QED) is 0.833. The number of carbonyl (C=O) groups is 2. The van der Waals surface area contributed by atoms with Gasteiger partial charge >= 0.3 is 0 Å². The van der Waals surface area contributed by atoms with Crippen molar-refractivity contribution in [3.05, 3.63) is 47.5 Å². The number of nitrogens with zero attached hydrogens (tertiary/aromatic N) is 2. The molecule has 132 valence electrons. The number of halogens is 2. The summed E-state index contributed by atoms with van der Waals surface area (Å²) in [7, 11) is 0. The molecule has 1 aromatic carbocycles. The van der Waals surface area contributed by atoms with E-state index in [0.717, 1.165) is 18.8 Å². The van der Waals surface area contributed by atoms with Gasteiger partial charge in [-0.05, 0) is 37.1 Å². The number of aromatic nitrogens is 2. The lowest BCUT2D eigenvalue weighted by Crippen LogP contribution is -2.17. The fourth-order valence-electron chi connectivity index (χ4n) is 2.15. The number of hydrogen-bond donors (Lipinski definition) is 2. The van der Waals surface area contributed by atoms with Crippen molar-refractivity contribution >= 4 is 23.2 Å². The van der Waals surface area contributed by atoms with E-state index in [-0.39, 0.29) is 11.6 Å². The number of rotatable bonds is 6. The van der Waals surface area contributed by atoms with Crippen molar-refractivity contribution < 1.29 is 18.4 Å². The zero-order valence-corrected chi connectivity index (χ0v) is 13.8. The van der Waals surface area contributed by atoms with E-state index in [1.165, 1.54) is 0 Å². The van der Waals surface area contributed by atoms with Gasteiger partial charge in [0.05, 0.1) is 0 Å². The fourth-order valence-corrected chi connectivity index (χ4v) is 2.15. The highest BCUT2D eigenvalue weighted by atomic mass is 19.3. The first-order chi connectivity index (χ1) is 11.9. The van der Waals surface area contributed by atoms with Gasteiger partial charge in [0, 0.05) is 17.8 Å². The molecule has 0 aliphatic carbocycles. The van der Waals surface area contributed by atoms with E-state index in [0.29, 0.717) is 23.4 Å². The van der Waals surface area contributed by atoms with Crippen LogP contribution in [0.1, 0.15) is 47.9 Å². The summed E-state index contributed by atoms with van der Waals surface area (Å²) in [6.45, 7) is 3.64.